The van der Waals surface area contributed by atoms with Crippen LogP contribution >= 0.6 is 12.4 Å². The van der Waals surface area contributed by atoms with Crippen LogP contribution in [-0.2, 0) is 11.3 Å². The van der Waals surface area contributed by atoms with Gasteiger partial charge in [0.15, 0.2) is 0 Å². The van der Waals surface area contributed by atoms with Gasteiger partial charge in [0.1, 0.15) is 17.5 Å². The van der Waals surface area contributed by atoms with E-state index < -0.39 is 0 Å². The van der Waals surface area contributed by atoms with Gasteiger partial charge in [0.25, 0.3) is 5.91 Å². The van der Waals surface area contributed by atoms with Gasteiger partial charge in [-0.1, -0.05) is 12.1 Å². The van der Waals surface area contributed by atoms with Crippen LogP contribution < -0.4 is 10.1 Å². The minimum atomic E-state index is -0.0785. The molecule has 1 N–H and O–H groups in total. The van der Waals surface area contributed by atoms with Gasteiger partial charge in [0.2, 0.25) is 0 Å². The number of benzene rings is 1. The van der Waals surface area contributed by atoms with Crippen molar-refractivity contribution in [3.8, 4) is 11.8 Å². The van der Waals surface area contributed by atoms with Crippen molar-refractivity contribution in [1.29, 1.82) is 5.26 Å². The molecule has 0 spiro atoms. The van der Waals surface area contributed by atoms with Crippen molar-refractivity contribution in [2.75, 3.05) is 33.9 Å². The SMILES string of the molecule is COCCCCn1c(C(=O)N(C(C)C)[C@@H]2CCCNC2)c(C#N)c2cccc(OC)c21.Cl. The summed E-state index contributed by atoms with van der Waals surface area (Å²) in [5, 5.41) is 14.3. The first-order chi connectivity index (χ1) is 15.0. The summed E-state index contributed by atoms with van der Waals surface area (Å²) in [5.41, 5.74) is 1.71. The van der Waals surface area contributed by atoms with Crippen molar-refractivity contribution in [3.63, 3.8) is 0 Å². The number of hydrogen-bond donors (Lipinski definition) is 1. The Kier molecular flexibility index (Phi) is 9.83. The number of aromatic nitrogens is 1. The molecule has 0 bridgehead atoms. The molecule has 1 aromatic heterocycles. The maximum Gasteiger partial charge on any atom is 0.272 e. The van der Waals surface area contributed by atoms with E-state index in [9.17, 15) is 10.1 Å². The molecule has 1 atom stereocenters. The van der Waals surface area contributed by atoms with Crippen LogP contribution in [0.15, 0.2) is 18.2 Å². The maximum absolute atomic E-state index is 14.0. The highest BCUT2D eigenvalue weighted by atomic mass is 35.5. The zero-order chi connectivity index (χ0) is 22.4. The van der Waals surface area contributed by atoms with Crippen LogP contribution in [0, 0.1) is 11.3 Å². The first kappa shape index (κ1) is 26.0. The number of nitrogens with zero attached hydrogens (tertiary/aromatic N) is 3. The van der Waals surface area contributed by atoms with Gasteiger partial charge in [-0.3, -0.25) is 4.79 Å². The van der Waals surface area contributed by atoms with Crippen molar-refractivity contribution in [2.45, 2.75) is 58.2 Å². The van der Waals surface area contributed by atoms with Gasteiger partial charge in [-0.05, 0) is 52.1 Å². The Balaban J connectivity index is 0.00000363. The lowest BCUT2D eigenvalue weighted by Crippen LogP contribution is -2.52. The Hall–Kier alpha value is -2.27. The highest BCUT2D eigenvalue weighted by molar-refractivity contribution is 6.05. The molecule has 1 fully saturated rings. The van der Waals surface area contributed by atoms with Crippen LogP contribution in [-0.4, -0.2) is 61.4 Å². The zero-order valence-corrected chi connectivity index (χ0v) is 20.3. The number of halogens is 1. The fourth-order valence-corrected chi connectivity index (χ4v) is 4.63. The topological polar surface area (TPSA) is 79.5 Å². The molecule has 1 aromatic carbocycles. The molecule has 0 saturated carbocycles. The number of hydrogen-bond acceptors (Lipinski definition) is 5. The molecule has 1 amide bonds. The lowest BCUT2D eigenvalue weighted by atomic mass is 10.0. The van der Waals surface area contributed by atoms with Crippen molar-refractivity contribution >= 4 is 29.2 Å². The zero-order valence-electron chi connectivity index (χ0n) is 19.5. The number of rotatable bonds is 9. The molecule has 32 heavy (non-hydrogen) atoms. The van der Waals surface area contributed by atoms with Gasteiger partial charge in [-0.15, -0.1) is 12.4 Å². The molecule has 1 saturated heterocycles. The van der Waals surface area contributed by atoms with Crippen LogP contribution in [0.25, 0.3) is 10.9 Å². The standard InChI is InChI=1S/C24H34N4O3.ClH/c1-17(2)28(18-9-8-12-26-16-18)24(29)23-20(15-25)19-10-7-11-21(31-4)22(19)27(23)13-5-6-14-30-3;/h7,10-11,17-18,26H,5-6,8-9,12-14,16H2,1-4H3;1H/t18-;/m1./s1. The van der Waals surface area contributed by atoms with Crippen LogP contribution in [0.1, 0.15) is 55.6 Å². The summed E-state index contributed by atoms with van der Waals surface area (Å²) >= 11 is 0. The molecule has 7 nitrogen and oxygen atoms in total. The van der Waals surface area contributed by atoms with Crippen molar-refractivity contribution in [2.24, 2.45) is 0 Å². The normalized spacial score (nSPS) is 15.9. The largest absolute Gasteiger partial charge is 0.495 e. The number of methoxy groups -OCH3 is 2. The first-order valence-electron chi connectivity index (χ1n) is 11.2. The second kappa shape index (κ2) is 12.1. The summed E-state index contributed by atoms with van der Waals surface area (Å²) in [7, 11) is 3.31. The Labute approximate surface area is 197 Å². The lowest BCUT2D eigenvalue weighted by molar-refractivity contribution is 0.0562. The van der Waals surface area contributed by atoms with E-state index in [1.807, 2.05) is 41.5 Å². The number of nitriles is 1. The summed E-state index contributed by atoms with van der Waals surface area (Å²) in [6, 6.07) is 8.14. The van der Waals surface area contributed by atoms with E-state index in [-0.39, 0.29) is 30.4 Å². The van der Waals surface area contributed by atoms with E-state index in [1.165, 1.54) is 0 Å². The number of carbonyl (C=O) groups is 1. The van der Waals surface area contributed by atoms with E-state index in [0.29, 0.717) is 30.2 Å². The van der Waals surface area contributed by atoms with Crippen molar-refractivity contribution in [3.05, 3.63) is 29.5 Å². The van der Waals surface area contributed by atoms with Crippen LogP contribution in [0.4, 0.5) is 0 Å². The van der Waals surface area contributed by atoms with Crippen LogP contribution in [0.2, 0.25) is 0 Å². The fourth-order valence-electron chi connectivity index (χ4n) is 4.63. The number of carbonyl (C=O) groups excluding carboxylic acids is 1. The second-order valence-corrected chi connectivity index (χ2v) is 8.35. The van der Waals surface area contributed by atoms with Crippen molar-refractivity contribution in [1.82, 2.24) is 14.8 Å². The van der Waals surface area contributed by atoms with Gasteiger partial charge in [0, 0.05) is 44.3 Å². The third-order valence-corrected chi connectivity index (χ3v) is 6.01. The number of unbranched alkanes of at least 4 members (excludes halogenated alkanes) is 1. The van der Waals surface area contributed by atoms with Gasteiger partial charge in [-0.25, -0.2) is 0 Å². The smallest absolute Gasteiger partial charge is 0.272 e. The van der Waals surface area contributed by atoms with Crippen molar-refractivity contribution < 1.29 is 14.3 Å². The number of amides is 1. The Morgan fingerprint density at radius 3 is 2.72 bits per heavy atom. The van der Waals surface area contributed by atoms with Gasteiger partial charge in [0.05, 0.1) is 18.2 Å². The molecule has 2 aromatic rings. The van der Waals surface area contributed by atoms with Crippen LogP contribution in [0.3, 0.4) is 0 Å². The van der Waals surface area contributed by atoms with Gasteiger partial charge in [-0.2, -0.15) is 5.26 Å². The summed E-state index contributed by atoms with van der Waals surface area (Å²) < 4.78 is 12.8. The number of nitrogens with one attached hydrogen (secondary N) is 1. The molecule has 2 heterocycles. The second-order valence-electron chi connectivity index (χ2n) is 8.35. The first-order valence-corrected chi connectivity index (χ1v) is 11.2. The summed E-state index contributed by atoms with van der Waals surface area (Å²) in [6.07, 6.45) is 3.73. The molecular formula is C24H35ClN4O3. The molecule has 176 valence electrons. The average Bonchev–Trinajstić information content (AvgIpc) is 3.11. The predicted octanol–water partition coefficient (Wildman–Crippen LogP) is 3.97. The Bertz CT molecular complexity index is 945. The molecule has 3 rings (SSSR count). The summed E-state index contributed by atoms with van der Waals surface area (Å²) in [6.45, 7) is 7.14. The Morgan fingerprint density at radius 1 is 1.34 bits per heavy atom. The van der Waals surface area contributed by atoms with E-state index in [2.05, 4.69) is 11.4 Å². The maximum atomic E-state index is 14.0. The molecule has 0 aliphatic carbocycles. The minimum absolute atomic E-state index is 0. The summed E-state index contributed by atoms with van der Waals surface area (Å²) in [4.78, 5) is 16.0. The van der Waals surface area contributed by atoms with Gasteiger partial charge < -0.3 is 24.3 Å². The molecule has 0 radical (unpaired) electrons. The molecular weight excluding hydrogens is 428 g/mol. The molecule has 1 aliphatic rings. The monoisotopic (exact) mass is 462 g/mol. The van der Waals surface area contributed by atoms with Gasteiger partial charge >= 0.3 is 0 Å². The highest BCUT2D eigenvalue weighted by Crippen LogP contribution is 2.34. The molecule has 8 heteroatoms. The highest BCUT2D eigenvalue weighted by Gasteiger charge is 2.33. The number of ether oxygens (including phenoxy) is 2. The van der Waals surface area contributed by atoms with Crippen LogP contribution in [0.5, 0.6) is 5.75 Å². The quantitative estimate of drug-likeness (QED) is 0.570. The number of piperidine rings is 1. The minimum Gasteiger partial charge on any atom is -0.495 e. The summed E-state index contributed by atoms with van der Waals surface area (Å²) in [5.74, 6) is 0.598. The molecule has 1 aliphatic heterocycles. The number of para-hydroxylation sites is 1. The lowest BCUT2D eigenvalue weighted by Gasteiger charge is -2.38. The predicted molar refractivity (Wildman–Crippen MR) is 129 cm³/mol. The fraction of sp³-hybridized carbons (Fsp3) is 0.583. The number of fused-ring (bicyclic) bond motifs is 1. The third kappa shape index (κ3) is 5.20. The van der Waals surface area contributed by atoms with E-state index in [0.717, 1.165) is 49.7 Å². The molecule has 0 unspecified atom stereocenters. The average molecular weight is 463 g/mol. The number of aryl methyl sites for hydroxylation is 1. The van der Waals surface area contributed by atoms with E-state index in [1.54, 1.807) is 14.2 Å². The third-order valence-electron chi connectivity index (χ3n) is 6.01. The van der Waals surface area contributed by atoms with E-state index >= 15 is 0 Å². The van der Waals surface area contributed by atoms with E-state index in [4.69, 9.17) is 9.47 Å². The Morgan fingerprint density at radius 2 is 2.12 bits per heavy atom.